The van der Waals surface area contributed by atoms with Gasteiger partial charge in [-0.25, -0.2) is 12.8 Å². The third-order valence-electron chi connectivity index (χ3n) is 6.22. The SMILES string of the molecule is Cc1ccc(N2CC(C(=O)N3CCN(C4CCS(=O)(=O)C4)CC3)CC2=O)c(F)c1. The highest BCUT2D eigenvalue weighted by atomic mass is 32.2. The summed E-state index contributed by atoms with van der Waals surface area (Å²) in [7, 11) is -2.93. The first-order valence-electron chi connectivity index (χ1n) is 10.0. The average Bonchev–Trinajstić information content (AvgIpc) is 3.24. The highest BCUT2D eigenvalue weighted by molar-refractivity contribution is 7.91. The van der Waals surface area contributed by atoms with Crippen LogP contribution in [0.2, 0.25) is 0 Å². The molecule has 3 aliphatic heterocycles. The molecule has 3 saturated heterocycles. The number of benzene rings is 1. The van der Waals surface area contributed by atoms with Gasteiger partial charge in [0.1, 0.15) is 5.82 Å². The van der Waals surface area contributed by atoms with Gasteiger partial charge in [0, 0.05) is 45.2 Å². The quantitative estimate of drug-likeness (QED) is 0.719. The molecule has 0 saturated carbocycles. The molecular weight excluding hydrogens is 397 g/mol. The van der Waals surface area contributed by atoms with Crippen LogP contribution in [-0.4, -0.2) is 80.3 Å². The first-order valence-corrected chi connectivity index (χ1v) is 11.9. The van der Waals surface area contributed by atoms with E-state index in [-0.39, 0.29) is 48.0 Å². The number of hydrogen-bond donors (Lipinski definition) is 0. The molecule has 2 unspecified atom stereocenters. The molecule has 4 rings (SSSR count). The minimum absolute atomic E-state index is 0.0466. The fraction of sp³-hybridized carbons (Fsp3) is 0.600. The van der Waals surface area contributed by atoms with Crippen molar-refractivity contribution >= 4 is 27.3 Å². The highest BCUT2D eigenvalue weighted by Crippen LogP contribution is 2.29. The smallest absolute Gasteiger partial charge is 0.228 e. The average molecular weight is 424 g/mol. The van der Waals surface area contributed by atoms with Crippen LogP contribution in [0.5, 0.6) is 0 Å². The molecule has 7 nitrogen and oxygen atoms in total. The number of nitrogens with zero attached hydrogens (tertiary/aromatic N) is 3. The third kappa shape index (κ3) is 4.16. The summed E-state index contributed by atoms with van der Waals surface area (Å²) < 4.78 is 37.7. The van der Waals surface area contributed by atoms with Crippen molar-refractivity contribution in [2.75, 3.05) is 49.1 Å². The van der Waals surface area contributed by atoms with Crippen molar-refractivity contribution in [2.45, 2.75) is 25.8 Å². The Kier molecular flexibility index (Phi) is 5.37. The Morgan fingerprint density at radius 2 is 1.90 bits per heavy atom. The van der Waals surface area contributed by atoms with E-state index in [9.17, 15) is 22.4 Å². The van der Waals surface area contributed by atoms with Crippen LogP contribution in [0.1, 0.15) is 18.4 Å². The lowest BCUT2D eigenvalue weighted by molar-refractivity contribution is -0.137. The number of halogens is 1. The summed E-state index contributed by atoms with van der Waals surface area (Å²) in [6.07, 6.45) is 0.748. The fourth-order valence-corrected chi connectivity index (χ4v) is 6.33. The topological polar surface area (TPSA) is 78.0 Å². The molecule has 0 bridgehead atoms. The van der Waals surface area contributed by atoms with Gasteiger partial charge in [-0.15, -0.1) is 0 Å². The summed E-state index contributed by atoms with van der Waals surface area (Å²) in [5.74, 6) is -0.789. The minimum Gasteiger partial charge on any atom is -0.340 e. The first kappa shape index (κ1) is 20.3. The van der Waals surface area contributed by atoms with Gasteiger partial charge in [0.2, 0.25) is 11.8 Å². The maximum absolute atomic E-state index is 14.3. The molecule has 0 N–H and O–H groups in total. The molecule has 1 aromatic rings. The Morgan fingerprint density at radius 1 is 1.17 bits per heavy atom. The van der Waals surface area contributed by atoms with Gasteiger partial charge in [-0.05, 0) is 31.0 Å². The summed E-state index contributed by atoms with van der Waals surface area (Å²) in [6.45, 7) is 4.31. The maximum Gasteiger partial charge on any atom is 0.228 e. The number of piperazine rings is 1. The van der Waals surface area contributed by atoms with E-state index < -0.39 is 21.6 Å². The van der Waals surface area contributed by atoms with Gasteiger partial charge in [-0.3, -0.25) is 14.5 Å². The van der Waals surface area contributed by atoms with Crippen LogP contribution in [0.25, 0.3) is 0 Å². The van der Waals surface area contributed by atoms with Crippen LogP contribution < -0.4 is 4.90 Å². The van der Waals surface area contributed by atoms with Crippen molar-refractivity contribution in [3.05, 3.63) is 29.6 Å². The number of carbonyl (C=O) groups excluding carboxylic acids is 2. The van der Waals surface area contributed by atoms with Gasteiger partial charge in [0.05, 0.1) is 23.1 Å². The van der Waals surface area contributed by atoms with Gasteiger partial charge in [-0.1, -0.05) is 6.07 Å². The Morgan fingerprint density at radius 3 is 2.52 bits per heavy atom. The second kappa shape index (κ2) is 7.68. The van der Waals surface area contributed by atoms with Crippen molar-refractivity contribution in [2.24, 2.45) is 5.92 Å². The fourth-order valence-electron chi connectivity index (χ4n) is 4.57. The lowest BCUT2D eigenvalue weighted by Crippen LogP contribution is -2.53. The molecule has 3 aliphatic rings. The molecule has 2 atom stereocenters. The largest absolute Gasteiger partial charge is 0.340 e. The number of sulfone groups is 1. The van der Waals surface area contributed by atoms with E-state index in [4.69, 9.17) is 0 Å². The van der Waals surface area contributed by atoms with Crippen molar-refractivity contribution in [3.8, 4) is 0 Å². The van der Waals surface area contributed by atoms with Crippen LogP contribution in [0, 0.1) is 18.7 Å². The minimum atomic E-state index is -2.93. The number of carbonyl (C=O) groups is 2. The summed E-state index contributed by atoms with van der Waals surface area (Å²) >= 11 is 0. The van der Waals surface area contributed by atoms with E-state index in [1.165, 1.54) is 11.0 Å². The second-order valence-electron chi connectivity index (χ2n) is 8.28. The Bertz CT molecular complexity index is 928. The summed E-state index contributed by atoms with van der Waals surface area (Å²) in [5, 5.41) is 0. The van der Waals surface area contributed by atoms with E-state index in [1.54, 1.807) is 24.0 Å². The summed E-state index contributed by atoms with van der Waals surface area (Å²) in [6, 6.07) is 4.78. The van der Waals surface area contributed by atoms with Gasteiger partial charge in [0.25, 0.3) is 0 Å². The second-order valence-corrected chi connectivity index (χ2v) is 10.5. The standard InChI is InChI=1S/C20H26FN3O4S/c1-14-2-3-18(17(21)10-14)24-12-15(11-19(24)25)20(26)23-7-5-22(6-8-23)16-4-9-29(27,28)13-16/h2-3,10,15-16H,4-9,11-13H2,1H3. The zero-order valence-electron chi connectivity index (χ0n) is 16.5. The van der Waals surface area contributed by atoms with Crippen LogP contribution in [0.4, 0.5) is 10.1 Å². The van der Waals surface area contributed by atoms with Gasteiger partial charge in [-0.2, -0.15) is 0 Å². The van der Waals surface area contributed by atoms with Crippen molar-refractivity contribution in [3.63, 3.8) is 0 Å². The number of rotatable bonds is 3. The monoisotopic (exact) mass is 423 g/mol. The van der Waals surface area contributed by atoms with E-state index in [2.05, 4.69) is 4.90 Å². The van der Waals surface area contributed by atoms with Crippen LogP contribution in [-0.2, 0) is 19.4 Å². The summed E-state index contributed by atoms with van der Waals surface area (Å²) in [4.78, 5) is 30.6. The number of amides is 2. The molecule has 0 radical (unpaired) electrons. The van der Waals surface area contributed by atoms with Crippen LogP contribution in [0.15, 0.2) is 18.2 Å². The maximum atomic E-state index is 14.3. The molecule has 1 aromatic carbocycles. The van der Waals surface area contributed by atoms with Crippen molar-refractivity contribution < 1.29 is 22.4 Å². The molecule has 0 spiro atoms. The Hall–Kier alpha value is -2.00. The highest BCUT2D eigenvalue weighted by Gasteiger charge is 2.40. The van der Waals surface area contributed by atoms with E-state index in [0.717, 1.165) is 5.56 Å². The van der Waals surface area contributed by atoms with E-state index >= 15 is 0 Å². The van der Waals surface area contributed by atoms with Crippen LogP contribution in [0.3, 0.4) is 0 Å². The van der Waals surface area contributed by atoms with Crippen molar-refractivity contribution in [1.82, 2.24) is 9.80 Å². The summed E-state index contributed by atoms with van der Waals surface area (Å²) in [5.41, 5.74) is 1.00. The molecule has 0 aliphatic carbocycles. The molecule has 3 fully saturated rings. The van der Waals surface area contributed by atoms with Crippen molar-refractivity contribution in [1.29, 1.82) is 0 Å². The number of hydrogen-bond acceptors (Lipinski definition) is 5. The van der Waals surface area contributed by atoms with Gasteiger partial charge < -0.3 is 9.80 Å². The predicted octanol–water partition coefficient (Wildman–Crippen LogP) is 0.818. The normalized spacial score (nSPS) is 27.6. The Labute approximate surface area is 170 Å². The molecule has 158 valence electrons. The lowest BCUT2D eigenvalue weighted by atomic mass is 10.1. The molecular formula is C20H26FN3O4S. The lowest BCUT2D eigenvalue weighted by Gasteiger charge is -2.38. The zero-order valence-corrected chi connectivity index (χ0v) is 17.3. The predicted molar refractivity (Wildman–Crippen MR) is 107 cm³/mol. The number of aryl methyl sites for hydroxylation is 1. The molecule has 0 aromatic heterocycles. The molecule has 2 amide bonds. The van der Waals surface area contributed by atoms with Gasteiger partial charge >= 0.3 is 0 Å². The zero-order chi connectivity index (χ0) is 20.8. The third-order valence-corrected chi connectivity index (χ3v) is 7.97. The van der Waals surface area contributed by atoms with E-state index in [0.29, 0.717) is 32.6 Å². The van der Waals surface area contributed by atoms with Gasteiger partial charge in [0.15, 0.2) is 9.84 Å². The molecule has 9 heteroatoms. The van der Waals surface area contributed by atoms with E-state index in [1.807, 2.05) is 0 Å². The van der Waals surface area contributed by atoms with Crippen LogP contribution >= 0.6 is 0 Å². The molecule has 29 heavy (non-hydrogen) atoms. The molecule has 3 heterocycles. The first-order chi connectivity index (χ1) is 13.7. The Balaban J connectivity index is 1.35. The number of anilines is 1.